The van der Waals surface area contributed by atoms with Crippen LogP contribution in [0.15, 0.2) is 48.5 Å². The van der Waals surface area contributed by atoms with Crippen LogP contribution in [0.25, 0.3) is 0 Å². The van der Waals surface area contributed by atoms with E-state index in [2.05, 4.69) is 17.9 Å². The Kier molecular flexibility index (Phi) is 4.81. The molecule has 102 valence electrons. The summed E-state index contributed by atoms with van der Waals surface area (Å²) in [5.41, 5.74) is 9.06. The van der Waals surface area contributed by atoms with Crippen molar-refractivity contribution >= 4 is 0 Å². The number of hydrogen-bond donors (Lipinski definition) is 1. The third kappa shape index (κ3) is 3.88. The highest BCUT2D eigenvalue weighted by molar-refractivity contribution is 5.38. The summed E-state index contributed by atoms with van der Waals surface area (Å²) in [7, 11) is 0. The summed E-state index contributed by atoms with van der Waals surface area (Å²) >= 11 is 0. The van der Waals surface area contributed by atoms with Crippen LogP contribution in [-0.4, -0.2) is 6.61 Å². The molecule has 0 unspecified atom stereocenters. The average molecular weight is 265 g/mol. The molecule has 2 aromatic carbocycles. The van der Waals surface area contributed by atoms with Crippen LogP contribution in [0.4, 0.5) is 0 Å². The summed E-state index contributed by atoms with van der Waals surface area (Å²) in [5, 5.41) is 0. The molecule has 20 heavy (non-hydrogen) atoms. The molecule has 0 saturated heterocycles. The van der Waals surface area contributed by atoms with E-state index in [1.165, 1.54) is 0 Å². The molecule has 0 radical (unpaired) electrons. The van der Waals surface area contributed by atoms with Crippen molar-refractivity contribution in [2.24, 2.45) is 5.73 Å². The van der Waals surface area contributed by atoms with Gasteiger partial charge in [0.1, 0.15) is 12.4 Å². The number of rotatable bonds is 3. The third-order valence-electron chi connectivity index (χ3n) is 3.03. The maximum atomic E-state index is 5.86. The third-order valence-corrected chi connectivity index (χ3v) is 3.03. The van der Waals surface area contributed by atoms with Gasteiger partial charge >= 0.3 is 0 Å². The minimum atomic E-state index is 0.0422. The Morgan fingerprint density at radius 2 is 1.90 bits per heavy atom. The molecule has 0 aliphatic carbocycles. The molecule has 0 fully saturated rings. The van der Waals surface area contributed by atoms with Crippen molar-refractivity contribution in [3.63, 3.8) is 0 Å². The normalized spacial score (nSPS) is 11.3. The average Bonchev–Trinajstić information content (AvgIpc) is 2.46. The first-order valence-corrected chi connectivity index (χ1v) is 6.69. The van der Waals surface area contributed by atoms with Gasteiger partial charge in [0.15, 0.2) is 0 Å². The fraction of sp³-hybridized carbons (Fsp3) is 0.222. The van der Waals surface area contributed by atoms with Crippen LogP contribution in [0.3, 0.4) is 0 Å². The van der Waals surface area contributed by atoms with Crippen molar-refractivity contribution in [3.8, 4) is 17.6 Å². The van der Waals surface area contributed by atoms with Gasteiger partial charge in [-0.3, -0.25) is 0 Å². The van der Waals surface area contributed by atoms with E-state index in [1.807, 2.05) is 56.3 Å². The second-order valence-electron chi connectivity index (χ2n) is 4.77. The first-order chi connectivity index (χ1) is 9.66. The SMILES string of the molecule is Cc1cc([C@H](C)N)ccc1OCC#Cc1ccccc1. The van der Waals surface area contributed by atoms with Crippen LogP contribution >= 0.6 is 0 Å². The van der Waals surface area contributed by atoms with Gasteiger partial charge in [0.25, 0.3) is 0 Å². The molecule has 1 atom stereocenters. The van der Waals surface area contributed by atoms with Crippen LogP contribution in [0.2, 0.25) is 0 Å². The smallest absolute Gasteiger partial charge is 0.149 e. The highest BCUT2D eigenvalue weighted by Gasteiger charge is 2.03. The molecule has 0 bridgehead atoms. The number of nitrogens with two attached hydrogens (primary N) is 1. The largest absolute Gasteiger partial charge is 0.481 e. The fourth-order valence-corrected chi connectivity index (χ4v) is 1.89. The molecule has 2 N–H and O–H groups in total. The molecule has 0 spiro atoms. The molecule has 0 aliphatic heterocycles. The molecular formula is C18H19NO. The molecule has 0 heterocycles. The molecule has 0 aliphatic rings. The van der Waals surface area contributed by atoms with Gasteiger partial charge in [-0.05, 0) is 43.2 Å². The Hall–Kier alpha value is -2.24. The molecule has 2 heteroatoms. The van der Waals surface area contributed by atoms with Gasteiger partial charge in [0, 0.05) is 11.6 Å². The summed E-state index contributed by atoms with van der Waals surface area (Å²) < 4.78 is 5.68. The van der Waals surface area contributed by atoms with E-state index in [0.29, 0.717) is 6.61 Å². The molecule has 0 aromatic heterocycles. The Morgan fingerprint density at radius 3 is 2.55 bits per heavy atom. The zero-order valence-corrected chi connectivity index (χ0v) is 11.9. The van der Waals surface area contributed by atoms with Crippen LogP contribution in [0, 0.1) is 18.8 Å². The van der Waals surface area contributed by atoms with E-state index in [4.69, 9.17) is 10.5 Å². The summed E-state index contributed by atoms with van der Waals surface area (Å²) in [6.45, 7) is 4.37. The summed E-state index contributed by atoms with van der Waals surface area (Å²) in [6.07, 6.45) is 0. The van der Waals surface area contributed by atoms with Crippen molar-refractivity contribution in [1.29, 1.82) is 0 Å². The topological polar surface area (TPSA) is 35.2 Å². The number of benzene rings is 2. The Morgan fingerprint density at radius 1 is 1.15 bits per heavy atom. The van der Waals surface area contributed by atoms with Crippen LogP contribution in [0.1, 0.15) is 29.7 Å². The molecule has 2 aromatic rings. The summed E-state index contributed by atoms with van der Waals surface area (Å²) in [5.74, 6) is 6.94. The zero-order valence-electron chi connectivity index (χ0n) is 11.9. The van der Waals surface area contributed by atoms with Crippen molar-refractivity contribution in [1.82, 2.24) is 0 Å². The molecular weight excluding hydrogens is 246 g/mol. The molecule has 2 nitrogen and oxygen atoms in total. The van der Waals surface area contributed by atoms with Gasteiger partial charge in [-0.2, -0.15) is 0 Å². The Bertz CT molecular complexity index is 621. The molecule has 2 rings (SSSR count). The molecule has 0 saturated carbocycles. The second kappa shape index (κ2) is 6.79. The van der Waals surface area contributed by atoms with Gasteiger partial charge in [0.2, 0.25) is 0 Å². The Balaban J connectivity index is 1.97. The lowest BCUT2D eigenvalue weighted by atomic mass is 10.1. The van der Waals surface area contributed by atoms with Gasteiger partial charge in [-0.15, -0.1) is 0 Å². The maximum absolute atomic E-state index is 5.86. The van der Waals surface area contributed by atoms with Gasteiger partial charge in [-0.1, -0.05) is 42.2 Å². The van der Waals surface area contributed by atoms with Crippen molar-refractivity contribution in [3.05, 3.63) is 65.2 Å². The lowest BCUT2D eigenvalue weighted by Crippen LogP contribution is -2.05. The second-order valence-corrected chi connectivity index (χ2v) is 4.77. The quantitative estimate of drug-likeness (QED) is 0.863. The minimum Gasteiger partial charge on any atom is -0.481 e. The van der Waals surface area contributed by atoms with E-state index in [-0.39, 0.29) is 6.04 Å². The van der Waals surface area contributed by atoms with E-state index in [1.54, 1.807) is 0 Å². The zero-order chi connectivity index (χ0) is 14.4. The standard InChI is InChI=1S/C18H19NO/c1-14-13-17(15(2)19)10-11-18(14)20-12-6-9-16-7-4-3-5-8-16/h3-5,7-8,10-11,13,15H,12,19H2,1-2H3/t15-/m0/s1. The van der Waals surface area contributed by atoms with Crippen molar-refractivity contribution in [2.45, 2.75) is 19.9 Å². The maximum Gasteiger partial charge on any atom is 0.149 e. The van der Waals surface area contributed by atoms with E-state index in [0.717, 1.165) is 22.4 Å². The first-order valence-electron chi connectivity index (χ1n) is 6.69. The lowest BCUT2D eigenvalue weighted by molar-refractivity contribution is 0.367. The van der Waals surface area contributed by atoms with E-state index in [9.17, 15) is 0 Å². The van der Waals surface area contributed by atoms with Crippen LogP contribution in [-0.2, 0) is 0 Å². The number of hydrogen-bond acceptors (Lipinski definition) is 2. The fourth-order valence-electron chi connectivity index (χ4n) is 1.89. The van der Waals surface area contributed by atoms with Crippen molar-refractivity contribution < 1.29 is 4.74 Å². The number of ether oxygens (including phenoxy) is 1. The Labute approximate surface area is 120 Å². The van der Waals surface area contributed by atoms with Gasteiger partial charge < -0.3 is 10.5 Å². The predicted molar refractivity (Wildman–Crippen MR) is 82.6 cm³/mol. The van der Waals surface area contributed by atoms with Crippen molar-refractivity contribution in [2.75, 3.05) is 6.61 Å². The molecule has 0 amide bonds. The van der Waals surface area contributed by atoms with Crippen LogP contribution in [0.5, 0.6) is 5.75 Å². The van der Waals surface area contributed by atoms with E-state index < -0.39 is 0 Å². The van der Waals surface area contributed by atoms with Crippen LogP contribution < -0.4 is 10.5 Å². The highest BCUT2D eigenvalue weighted by Crippen LogP contribution is 2.21. The first kappa shape index (κ1) is 14.2. The number of aryl methyl sites for hydroxylation is 1. The minimum absolute atomic E-state index is 0.0422. The van der Waals surface area contributed by atoms with Gasteiger partial charge in [0.05, 0.1) is 0 Å². The highest BCUT2D eigenvalue weighted by atomic mass is 16.5. The lowest BCUT2D eigenvalue weighted by Gasteiger charge is -2.10. The van der Waals surface area contributed by atoms with Gasteiger partial charge in [-0.25, -0.2) is 0 Å². The predicted octanol–water partition coefficient (Wildman–Crippen LogP) is 3.45. The van der Waals surface area contributed by atoms with E-state index >= 15 is 0 Å². The summed E-state index contributed by atoms with van der Waals surface area (Å²) in [6, 6.07) is 15.9. The summed E-state index contributed by atoms with van der Waals surface area (Å²) in [4.78, 5) is 0. The monoisotopic (exact) mass is 265 g/mol.